The van der Waals surface area contributed by atoms with Gasteiger partial charge in [-0.05, 0) is 40.5 Å². The van der Waals surface area contributed by atoms with Gasteiger partial charge in [0.25, 0.3) is 0 Å². The Hall–Kier alpha value is -2.58. The van der Waals surface area contributed by atoms with E-state index in [9.17, 15) is 0 Å². The predicted octanol–water partition coefficient (Wildman–Crippen LogP) is 4.79. The van der Waals surface area contributed by atoms with E-state index >= 15 is 0 Å². The zero-order valence-corrected chi connectivity index (χ0v) is 12.5. The van der Waals surface area contributed by atoms with Crippen LogP contribution in [0.2, 0.25) is 0 Å². The van der Waals surface area contributed by atoms with E-state index in [1.807, 2.05) is 48.5 Å². The van der Waals surface area contributed by atoms with Crippen LogP contribution in [0.5, 0.6) is 0 Å². The first-order valence-corrected chi connectivity index (χ1v) is 6.95. The molecule has 0 unspecified atom stereocenters. The fraction of sp³-hybridized carbons (Fsp3) is 0.263. The van der Waals surface area contributed by atoms with Crippen LogP contribution in [0.1, 0.15) is 32.3 Å². The maximum atomic E-state index is 9.11. The highest BCUT2D eigenvalue weighted by Crippen LogP contribution is 2.42. The largest absolute Gasteiger partial charge is 0.192 e. The summed E-state index contributed by atoms with van der Waals surface area (Å²) in [6.45, 7) is 8.52. The number of benzene rings is 1. The molecule has 1 aromatic carbocycles. The van der Waals surface area contributed by atoms with E-state index in [-0.39, 0.29) is 11.0 Å². The first kappa shape index (κ1) is 14.8. The summed E-state index contributed by atoms with van der Waals surface area (Å²) in [5, 5.41) is 18.2. The van der Waals surface area contributed by atoms with Crippen molar-refractivity contribution >= 4 is 5.57 Å². The van der Waals surface area contributed by atoms with Crippen LogP contribution < -0.4 is 0 Å². The van der Waals surface area contributed by atoms with Crippen LogP contribution in [-0.4, -0.2) is 0 Å². The third-order valence-corrected chi connectivity index (χ3v) is 3.74. The topological polar surface area (TPSA) is 47.6 Å². The molecule has 2 rings (SSSR count). The van der Waals surface area contributed by atoms with Crippen LogP contribution in [0.25, 0.3) is 5.57 Å². The molecule has 0 amide bonds. The lowest BCUT2D eigenvalue weighted by Gasteiger charge is -2.32. The van der Waals surface area contributed by atoms with Crippen LogP contribution in [0.4, 0.5) is 0 Å². The van der Waals surface area contributed by atoms with Gasteiger partial charge in [-0.2, -0.15) is 10.5 Å². The molecule has 0 aliphatic heterocycles. The third kappa shape index (κ3) is 3.30. The Labute approximate surface area is 126 Å². The highest BCUT2D eigenvalue weighted by molar-refractivity contribution is 5.78. The monoisotopic (exact) mass is 274 g/mol. The average Bonchev–Trinajstić information content (AvgIpc) is 2.47. The van der Waals surface area contributed by atoms with Crippen molar-refractivity contribution in [3.8, 4) is 12.1 Å². The zero-order chi connectivity index (χ0) is 15.5. The minimum absolute atomic E-state index is 0.0239. The Balaban J connectivity index is 2.48. The number of hydrogen-bond donors (Lipinski definition) is 0. The second kappa shape index (κ2) is 5.81. The van der Waals surface area contributed by atoms with Crippen molar-refractivity contribution < 1.29 is 0 Å². The zero-order valence-electron chi connectivity index (χ0n) is 12.5. The molecule has 0 heterocycles. The first-order chi connectivity index (χ1) is 9.96. The summed E-state index contributed by atoms with van der Waals surface area (Å²) < 4.78 is 0. The van der Waals surface area contributed by atoms with Crippen molar-refractivity contribution in [2.24, 2.45) is 5.41 Å². The van der Waals surface area contributed by atoms with Gasteiger partial charge in [-0.25, -0.2) is 0 Å². The van der Waals surface area contributed by atoms with Gasteiger partial charge in [-0.3, -0.25) is 0 Å². The molecule has 2 heteroatoms. The van der Waals surface area contributed by atoms with E-state index in [4.69, 9.17) is 10.5 Å². The molecule has 0 aromatic heterocycles. The van der Waals surface area contributed by atoms with Crippen molar-refractivity contribution in [3.63, 3.8) is 0 Å². The molecule has 21 heavy (non-hydrogen) atoms. The van der Waals surface area contributed by atoms with Gasteiger partial charge >= 0.3 is 0 Å². The summed E-state index contributed by atoms with van der Waals surface area (Å²) in [4.78, 5) is 0. The van der Waals surface area contributed by atoms with Gasteiger partial charge in [0.05, 0.1) is 0 Å². The molecule has 0 atom stereocenters. The molecule has 1 aliphatic carbocycles. The van der Waals surface area contributed by atoms with Gasteiger partial charge in [0, 0.05) is 0 Å². The third-order valence-electron chi connectivity index (χ3n) is 3.74. The van der Waals surface area contributed by atoms with E-state index < -0.39 is 0 Å². The summed E-state index contributed by atoms with van der Waals surface area (Å²) >= 11 is 0. The molecule has 0 radical (unpaired) electrons. The van der Waals surface area contributed by atoms with E-state index in [1.54, 1.807) is 0 Å². The van der Waals surface area contributed by atoms with Crippen molar-refractivity contribution in [1.29, 1.82) is 10.5 Å². The Morgan fingerprint density at radius 3 is 2.29 bits per heavy atom. The highest BCUT2D eigenvalue weighted by atomic mass is 14.3. The number of nitriles is 2. The molecular weight excluding hydrogens is 256 g/mol. The lowest BCUT2D eigenvalue weighted by atomic mass is 9.72. The maximum absolute atomic E-state index is 9.11. The minimum atomic E-state index is 0.0239. The summed E-state index contributed by atoms with van der Waals surface area (Å²) in [5.74, 6) is 0. The maximum Gasteiger partial charge on any atom is 0.132 e. The van der Waals surface area contributed by atoms with Crippen molar-refractivity contribution in [3.05, 3.63) is 65.3 Å². The van der Waals surface area contributed by atoms with Gasteiger partial charge in [0.2, 0.25) is 0 Å². The molecule has 0 saturated heterocycles. The Morgan fingerprint density at radius 1 is 1.10 bits per heavy atom. The molecule has 0 fully saturated rings. The second-order valence-electron chi connectivity index (χ2n) is 6.16. The van der Waals surface area contributed by atoms with Gasteiger partial charge in [0.1, 0.15) is 17.7 Å². The van der Waals surface area contributed by atoms with Crippen LogP contribution in [0.3, 0.4) is 0 Å². The lowest BCUT2D eigenvalue weighted by molar-refractivity contribution is 0.355. The summed E-state index contributed by atoms with van der Waals surface area (Å²) in [7, 11) is 0. The first-order valence-electron chi connectivity index (χ1n) is 6.95. The average molecular weight is 274 g/mol. The molecule has 0 bridgehead atoms. The fourth-order valence-electron chi connectivity index (χ4n) is 2.75. The molecule has 0 N–H and O–H groups in total. The van der Waals surface area contributed by atoms with Crippen molar-refractivity contribution in [2.45, 2.75) is 26.7 Å². The van der Waals surface area contributed by atoms with E-state index in [0.29, 0.717) is 0 Å². The molecule has 104 valence electrons. The fourth-order valence-corrected chi connectivity index (χ4v) is 2.75. The van der Waals surface area contributed by atoms with Gasteiger partial charge in [-0.1, -0.05) is 56.8 Å². The van der Waals surface area contributed by atoms with Crippen molar-refractivity contribution in [2.75, 3.05) is 0 Å². The van der Waals surface area contributed by atoms with Crippen LogP contribution in [0.15, 0.2) is 59.7 Å². The highest BCUT2D eigenvalue weighted by Gasteiger charge is 2.28. The van der Waals surface area contributed by atoms with Gasteiger partial charge in [-0.15, -0.1) is 0 Å². The SMILES string of the molecule is C=C(C1=CC(=C(C#N)C#N)CC(C)(C)C1)c1ccccc1. The standard InChI is InChI=1S/C19H18N2/c1-14(15-7-5-4-6-8-15)16-9-17(18(12-20)13-21)11-19(2,3)10-16/h4-9H,1,10-11H2,2-3H3. The Morgan fingerprint density at radius 2 is 1.71 bits per heavy atom. The number of allylic oxidation sites excluding steroid dienone is 5. The van der Waals surface area contributed by atoms with Crippen LogP contribution in [0, 0.1) is 28.1 Å². The Bertz CT molecular complexity index is 688. The summed E-state index contributed by atoms with van der Waals surface area (Å²) in [6, 6.07) is 14.0. The summed E-state index contributed by atoms with van der Waals surface area (Å²) in [5.41, 5.74) is 4.21. The number of nitrogens with zero attached hydrogens (tertiary/aromatic N) is 2. The molecule has 1 aromatic rings. The summed E-state index contributed by atoms with van der Waals surface area (Å²) in [6.07, 6.45) is 3.62. The molecular formula is C19H18N2. The second-order valence-corrected chi connectivity index (χ2v) is 6.16. The molecule has 2 nitrogen and oxygen atoms in total. The van der Waals surface area contributed by atoms with Gasteiger partial charge < -0.3 is 0 Å². The van der Waals surface area contributed by atoms with Crippen LogP contribution in [-0.2, 0) is 0 Å². The van der Waals surface area contributed by atoms with Crippen LogP contribution >= 0.6 is 0 Å². The van der Waals surface area contributed by atoms with E-state index in [1.165, 1.54) is 0 Å². The Kier molecular flexibility index (Phi) is 4.10. The van der Waals surface area contributed by atoms with E-state index in [2.05, 4.69) is 20.4 Å². The molecule has 1 aliphatic rings. The van der Waals surface area contributed by atoms with E-state index in [0.717, 1.165) is 35.1 Å². The smallest absolute Gasteiger partial charge is 0.132 e. The normalized spacial score (nSPS) is 16.4. The lowest BCUT2D eigenvalue weighted by Crippen LogP contribution is -2.18. The van der Waals surface area contributed by atoms with Crippen molar-refractivity contribution in [1.82, 2.24) is 0 Å². The number of rotatable bonds is 2. The molecule has 0 spiro atoms. The minimum Gasteiger partial charge on any atom is -0.192 e. The molecule has 0 saturated carbocycles. The number of hydrogen-bond acceptors (Lipinski definition) is 2. The predicted molar refractivity (Wildman–Crippen MR) is 84.8 cm³/mol. The van der Waals surface area contributed by atoms with Gasteiger partial charge in [0.15, 0.2) is 0 Å². The quantitative estimate of drug-likeness (QED) is 0.728.